The Labute approximate surface area is 219 Å². The molecule has 1 aliphatic heterocycles. The molecular formula is C27H27ClN4O5. The molecule has 0 unspecified atom stereocenters. The summed E-state index contributed by atoms with van der Waals surface area (Å²) in [4.78, 5) is 16.7. The van der Waals surface area contributed by atoms with Crippen LogP contribution in [0.15, 0.2) is 61.2 Å². The molecule has 3 heterocycles. The van der Waals surface area contributed by atoms with E-state index in [9.17, 15) is 4.79 Å². The number of nitrogens with zero attached hydrogens (tertiary/aromatic N) is 4. The van der Waals surface area contributed by atoms with Crippen molar-refractivity contribution in [1.82, 2.24) is 19.3 Å². The summed E-state index contributed by atoms with van der Waals surface area (Å²) >= 11 is 6.46. The Morgan fingerprint density at radius 2 is 2.03 bits per heavy atom. The summed E-state index contributed by atoms with van der Waals surface area (Å²) in [5, 5.41) is 4.92. The van der Waals surface area contributed by atoms with Gasteiger partial charge in [0.1, 0.15) is 18.0 Å². The van der Waals surface area contributed by atoms with E-state index < -0.39 is 18.2 Å². The van der Waals surface area contributed by atoms with Crippen molar-refractivity contribution in [2.75, 3.05) is 20.8 Å². The quantitative estimate of drug-likeness (QED) is 0.295. The number of imidazole rings is 1. The van der Waals surface area contributed by atoms with Gasteiger partial charge >= 0.3 is 5.97 Å². The molecule has 0 amide bonds. The molecule has 4 aromatic rings. The second kappa shape index (κ2) is 10.7. The molecule has 2 aromatic carbocycles. The zero-order chi connectivity index (χ0) is 25.9. The van der Waals surface area contributed by atoms with E-state index in [0.717, 1.165) is 22.6 Å². The predicted octanol–water partition coefficient (Wildman–Crippen LogP) is 5.17. The number of ether oxygens (including phenoxy) is 4. The van der Waals surface area contributed by atoms with Crippen molar-refractivity contribution in [3.8, 4) is 17.2 Å². The normalized spacial score (nSPS) is 16.4. The monoisotopic (exact) mass is 522 g/mol. The molecule has 0 saturated heterocycles. The van der Waals surface area contributed by atoms with Gasteiger partial charge in [0.15, 0.2) is 11.5 Å². The fourth-order valence-corrected chi connectivity index (χ4v) is 4.80. The second-order valence-corrected chi connectivity index (χ2v) is 8.88. The maximum atomic E-state index is 12.1. The minimum atomic E-state index is -0.516. The van der Waals surface area contributed by atoms with Crippen LogP contribution in [0.3, 0.4) is 0 Å². The number of methoxy groups -OCH3 is 2. The standard InChI is InChI=1S/C27H27ClN4O5/c1-4-36-27(33)17-15-30-31(16-17)12-10-23-26-29-11-13-32(26)21-9-8-18(28)14-20(21)24(37-23)19-6-5-7-22(34-2)25(19)35-3/h5-9,11,13-16,23-24H,4,10,12H2,1-3H3/t23-,24-/m1/s1. The van der Waals surface area contributed by atoms with Gasteiger partial charge in [-0.3, -0.25) is 4.68 Å². The smallest absolute Gasteiger partial charge is 0.341 e. The maximum Gasteiger partial charge on any atom is 0.341 e. The Hall–Kier alpha value is -3.82. The largest absolute Gasteiger partial charge is 0.493 e. The van der Waals surface area contributed by atoms with E-state index in [2.05, 4.69) is 10.1 Å². The van der Waals surface area contributed by atoms with Crippen LogP contribution < -0.4 is 9.47 Å². The summed E-state index contributed by atoms with van der Waals surface area (Å²) in [5.74, 6) is 1.55. The maximum absolute atomic E-state index is 12.1. The lowest BCUT2D eigenvalue weighted by Crippen LogP contribution is -2.15. The number of hydrogen-bond acceptors (Lipinski definition) is 7. The number of rotatable bonds is 8. The van der Waals surface area contributed by atoms with E-state index >= 15 is 0 Å². The van der Waals surface area contributed by atoms with Crippen LogP contribution in [0, 0.1) is 0 Å². The molecule has 0 aliphatic carbocycles. The highest BCUT2D eigenvalue weighted by Gasteiger charge is 2.33. The summed E-state index contributed by atoms with van der Waals surface area (Å²) in [7, 11) is 3.21. The molecule has 2 atom stereocenters. The topological polar surface area (TPSA) is 89.6 Å². The van der Waals surface area contributed by atoms with E-state index in [4.69, 9.17) is 30.5 Å². The summed E-state index contributed by atoms with van der Waals surface area (Å²) in [6, 6.07) is 11.4. The number of halogens is 1. The lowest BCUT2D eigenvalue weighted by Gasteiger charge is -2.25. The molecule has 0 spiro atoms. The number of para-hydroxylation sites is 1. The van der Waals surface area contributed by atoms with Gasteiger partial charge in [-0.25, -0.2) is 9.78 Å². The summed E-state index contributed by atoms with van der Waals surface area (Å²) in [5.41, 5.74) is 3.01. The fourth-order valence-electron chi connectivity index (χ4n) is 4.62. The van der Waals surface area contributed by atoms with Crippen LogP contribution in [0.5, 0.6) is 11.5 Å². The molecule has 1 aliphatic rings. The number of carbonyl (C=O) groups is 1. The van der Waals surface area contributed by atoms with E-state index in [-0.39, 0.29) is 0 Å². The Morgan fingerprint density at radius 1 is 1.16 bits per heavy atom. The Kier molecular flexibility index (Phi) is 7.16. The number of aromatic nitrogens is 4. The van der Waals surface area contributed by atoms with Crippen LogP contribution in [0.25, 0.3) is 5.69 Å². The van der Waals surface area contributed by atoms with Gasteiger partial charge in [0.05, 0.1) is 38.3 Å². The molecule has 37 heavy (non-hydrogen) atoms. The average molecular weight is 523 g/mol. The first-order valence-corrected chi connectivity index (χ1v) is 12.3. The first kappa shape index (κ1) is 24.9. The highest BCUT2D eigenvalue weighted by molar-refractivity contribution is 6.30. The first-order chi connectivity index (χ1) is 18.0. The van der Waals surface area contributed by atoms with Crippen LogP contribution in [-0.4, -0.2) is 46.1 Å². The zero-order valence-corrected chi connectivity index (χ0v) is 21.5. The third kappa shape index (κ3) is 4.80. The van der Waals surface area contributed by atoms with Gasteiger partial charge in [-0.15, -0.1) is 0 Å². The number of carbonyl (C=O) groups excluding carboxylic acids is 1. The predicted molar refractivity (Wildman–Crippen MR) is 137 cm³/mol. The lowest BCUT2D eigenvalue weighted by atomic mass is 9.98. The molecular weight excluding hydrogens is 496 g/mol. The third-order valence-corrected chi connectivity index (χ3v) is 6.51. The molecule has 9 nitrogen and oxygen atoms in total. The average Bonchev–Trinajstić information content (AvgIpc) is 3.57. The van der Waals surface area contributed by atoms with Crippen molar-refractivity contribution < 1.29 is 23.7 Å². The zero-order valence-electron chi connectivity index (χ0n) is 20.8. The first-order valence-electron chi connectivity index (χ1n) is 11.9. The van der Waals surface area contributed by atoms with Crippen LogP contribution >= 0.6 is 11.6 Å². The minimum Gasteiger partial charge on any atom is -0.493 e. The van der Waals surface area contributed by atoms with Crippen LogP contribution in [0.4, 0.5) is 0 Å². The van der Waals surface area contributed by atoms with Crippen LogP contribution in [0.1, 0.15) is 52.9 Å². The van der Waals surface area contributed by atoms with E-state index in [1.807, 2.05) is 47.2 Å². The molecule has 5 rings (SSSR count). The van der Waals surface area contributed by atoms with E-state index in [1.54, 1.807) is 38.2 Å². The van der Waals surface area contributed by atoms with Crippen molar-refractivity contribution >= 4 is 17.6 Å². The highest BCUT2D eigenvalue weighted by Crippen LogP contribution is 2.46. The van der Waals surface area contributed by atoms with Gasteiger partial charge in [0, 0.05) is 47.7 Å². The molecule has 0 bridgehead atoms. The molecule has 0 fully saturated rings. The van der Waals surface area contributed by atoms with Crippen molar-refractivity contribution in [2.24, 2.45) is 0 Å². The Balaban J connectivity index is 1.53. The number of benzene rings is 2. The SMILES string of the molecule is CCOC(=O)c1cnn(CC[C@H]2O[C@H](c3cccc(OC)c3OC)c3cc(Cl)ccc3-n3ccnc32)c1. The van der Waals surface area contributed by atoms with E-state index in [1.165, 1.54) is 6.20 Å². The van der Waals surface area contributed by atoms with Crippen molar-refractivity contribution in [3.63, 3.8) is 0 Å². The van der Waals surface area contributed by atoms with Gasteiger partial charge in [-0.1, -0.05) is 23.7 Å². The number of aryl methyl sites for hydroxylation is 1. The Bertz CT molecular complexity index is 1420. The van der Waals surface area contributed by atoms with Crippen LogP contribution in [0.2, 0.25) is 5.02 Å². The number of fused-ring (bicyclic) bond motifs is 3. The third-order valence-electron chi connectivity index (χ3n) is 6.27. The van der Waals surface area contributed by atoms with Gasteiger partial charge < -0.3 is 23.5 Å². The van der Waals surface area contributed by atoms with Gasteiger partial charge in [-0.2, -0.15) is 5.10 Å². The molecule has 0 saturated carbocycles. The van der Waals surface area contributed by atoms with Crippen molar-refractivity contribution in [3.05, 3.63) is 88.7 Å². The molecule has 192 valence electrons. The van der Waals surface area contributed by atoms with Crippen molar-refractivity contribution in [1.29, 1.82) is 0 Å². The van der Waals surface area contributed by atoms with Crippen LogP contribution in [-0.2, 0) is 16.0 Å². The van der Waals surface area contributed by atoms with Gasteiger partial charge in [-0.05, 0) is 31.2 Å². The minimum absolute atomic E-state index is 0.308. The highest BCUT2D eigenvalue weighted by atomic mass is 35.5. The molecule has 10 heteroatoms. The Morgan fingerprint density at radius 3 is 2.81 bits per heavy atom. The summed E-state index contributed by atoms with van der Waals surface area (Å²) in [6.07, 6.45) is 6.48. The number of esters is 1. The number of hydrogen-bond donors (Lipinski definition) is 0. The fraction of sp³-hybridized carbons (Fsp3) is 0.296. The molecule has 2 aromatic heterocycles. The second-order valence-electron chi connectivity index (χ2n) is 8.45. The summed E-state index contributed by atoms with van der Waals surface area (Å²) < 4.78 is 26.9. The summed E-state index contributed by atoms with van der Waals surface area (Å²) in [6.45, 7) is 2.57. The molecule has 0 radical (unpaired) electrons. The van der Waals surface area contributed by atoms with Crippen molar-refractivity contribution in [2.45, 2.75) is 32.1 Å². The van der Waals surface area contributed by atoms with E-state index in [0.29, 0.717) is 41.7 Å². The van der Waals surface area contributed by atoms with Gasteiger partial charge in [0.25, 0.3) is 0 Å². The molecule has 0 N–H and O–H groups in total. The van der Waals surface area contributed by atoms with Gasteiger partial charge in [0.2, 0.25) is 0 Å². The lowest BCUT2D eigenvalue weighted by molar-refractivity contribution is -0.00408.